The van der Waals surface area contributed by atoms with Crippen LogP contribution < -0.4 is 0 Å². The van der Waals surface area contributed by atoms with E-state index >= 15 is 0 Å². The lowest BCUT2D eigenvalue weighted by molar-refractivity contribution is 0.196. The monoisotopic (exact) mass is 328 g/mol. The molecule has 0 spiro atoms. The van der Waals surface area contributed by atoms with E-state index in [1.165, 1.54) is 0 Å². The van der Waals surface area contributed by atoms with Crippen molar-refractivity contribution in [2.24, 2.45) is 11.8 Å². The summed E-state index contributed by atoms with van der Waals surface area (Å²) in [7, 11) is 7.86. The molecule has 2 fully saturated rings. The van der Waals surface area contributed by atoms with E-state index in [9.17, 15) is 4.79 Å². The Hall–Kier alpha value is -1.04. The van der Waals surface area contributed by atoms with Crippen molar-refractivity contribution in [1.82, 2.24) is 19.6 Å². The number of carbonyl (C=O) groups excluding carboxylic acids is 1. The lowest BCUT2D eigenvalue weighted by atomic mass is 10.1. The smallest absolute Gasteiger partial charge is 0.319 e. The maximum atomic E-state index is 11.3. The Labute approximate surface area is 141 Å². The van der Waals surface area contributed by atoms with Gasteiger partial charge in [-0.25, -0.2) is 4.79 Å². The van der Waals surface area contributed by atoms with Gasteiger partial charge in [0.05, 0.1) is 12.1 Å². The van der Waals surface area contributed by atoms with Crippen LogP contribution in [-0.4, -0.2) is 84.1 Å². The number of amides is 2. The molecule has 0 aliphatic carbocycles. The number of thiocarbonyl (C=S) groups is 1. The fourth-order valence-corrected chi connectivity index (χ4v) is 3.31. The topological polar surface area (TPSA) is 30.0 Å². The number of hydrogen-bond acceptors (Lipinski definition) is 2. The number of carbonyl (C=O) groups is 1. The van der Waals surface area contributed by atoms with Crippen molar-refractivity contribution in [1.29, 1.82) is 0 Å². The molecule has 2 aliphatic rings. The minimum absolute atomic E-state index is 0.142. The first-order valence-electron chi connectivity index (χ1n) is 8.03. The Morgan fingerprint density at radius 1 is 0.864 bits per heavy atom. The van der Waals surface area contributed by atoms with E-state index in [4.69, 9.17) is 12.2 Å². The van der Waals surface area contributed by atoms with Crippen LogP contribution in [0.2, 0.25) is 0 Å². The molecule has 2 saturated heterocycles. The third kappa shape index (κ3) is 4.03. The molecular weight excluding hydrogens is 296 g/mol. The van der Waals surface area contributed by atoms with E-state index in [1.54, 1.807) is 4.90 Å². The Kier molecular flexibility index (Phi) is 6.47. The summed E-state index contributed by atoms with van der Waals surface area (Å²) in [5, 5.41) is 0.976. The minimum atomic E-state index is 0.142. The first-order chi connectivity index (χ1) is 10.1. The third-order valence-corrected chi connectivity index (χ3v) is 5.31. The lowest BCUT2D eigenvalue weighted by Crippen LogP contribution is -2.33. The molecule has 0 saturated carbocycles. The maximum Gasteiger partial charge on any atom is 0.319 e. The number of urea groups is 1. The van der Waals surface area contributed by atoms with Crippen LogP contribution in [0.1, 0.15) is 27.7 Å². The average Bonchev–Trinajstić information content (AvgIpc) is 2.85. The molecular formula is C16H32N4OS. The van der Waals surface area contributed by atoms with Crippen LogP contribution in [-0.2, 0) is 0 Å². The van der Waals surface area contributed by atoms with Gasteiger partial charge in [-0.1, -0.05) is 27.7 Å². The fraction of sp³-hybridized carbons (Fsp3) is 0.875. The quantitative estimate of drug-likeness (QED) is 0.727. The second-order valence-corrected chi connectivity index (χ2v) is 7.54. The predicted molar refractivity (Wildman–Crippen MR) is 96.0 cm³/mol. The molecule has 0 radical (unpaired) electrons. The molecule has 0 aromatic rings. The molecule has 2 unspecified atom stereocenters. The fourth-order valence-electron chi connectivity index (χ4n) is 3.10. The largest absolute Gasteiger partial charge is 0.350 e. The highest BCUT2D eigenvalue weighted by atomic mass is 32.1. The van der Waals surface area contributed by atoms with Crippen LogP contribution in [0, 0.1) is 11.8 Å². The molecule has 128 valence electrons. The molecule has 2 heterocycles. The third-order valence-electron chi connectivity index (χ3n) is 4.71. The summed E-state index contributed by atoms with van der Waals surface area (Å²) in [6, 6.07) is 1.14. The molecule has 5 nitrogen and oxygen atoms in total. The van der Waals surface area contributed by atoms with Gasteiger partial charge >= 0.3 is 6.03 Å². The Morgan fingerprint density at radius 3 is 1.45 bits per heavy atom. The Balaban J connectivity index is 0.000000220. The van der Waals surface area contributed by atoms with Crippen molar-refractivity contribution >= 4 is 23.4 Å². The van der Waals surface area contributed by atoms with Gasteiger partial charge in [0.1, 0.15) is 0 Å². The van der Waals surface area contributed by atoms with E-state index in [0.717, 1.165) is 18.2 Å². The zero-order valence-electron chi connectivity index (χ0n) is 15.3. The number of rotatable bonds is 2. The molecule has 0 aromatic carbocycles. The van der Waals surface area contributed by atoms with E-state index in [0.29, 0.717) is 23.9 Å². The number of likely N-dealkylation sites (N-methyl/N-ethyl adjacent to an activating group) is 4. The van der Waals surface area contributed by atoms with Crippen LogP contribution in [0.5, 0.6) is 0 Å². The summed E-state index contributed by atoms with van der Waals surface area (Å²) in [6.07, 6.45) is 0. The highest BCUT2D eigenvalue weighted by molar-refractivity contribution is 7.80. The van der Waals surface area contributed by atoms with E-state index < -0.39 is 0 Å². The van der Waals surface area contributed by atoms with Crippen molar-refractivity contribution in [2.75, 3.05) is 41.3 Å². The van der Waals surface area contributed by atoms with Gasteiger partial charge in [0.15, 0.2) is 5.11 Å². The molecule has 2 atom stereocenters. The van der Waals surface area contributed by atoms with Crippen LogP contribution in [0.15, 0.2) is 0 Å². The Morgan fingerprint density at radius 2 is 1.27 bits per heavy atom. The van der Waals surface area contributed by atoms with Gasteiger partial charge in [-0.05, 0) is 24.1 Å². The van der Waals surface area contributed by atoms with E-state index in [-0.39, 0.29) is 6.03 Å². The first kappa shape index (κ1) is 19.0. The maximum absolute atomic E-state index is 11.3. The second-order valence-electron chi connectivity index (χ2n) is 7.17. The summed E-state index contributed by atoms with van der Waals surface area (Å²) in [5.41, 5.74) is 0. The molecule has 6 heteroatoms. The summed E-state index contributed by atoms with van der Waals surface area (Å²) in [6.45, 7) is 10.7. The van der Waals surface area contributed by atoms with Gasteiger partial charge in [-0.15, -0.1) is 0 Å². The lowest BCUT2D eigenvalue weighted by Gasteiger charge is -2.22. The predicted octanol–water partition coefficient (Wildman–Crippen LogP) is 2.18. The average molecular weight is 329 g/mol. The Bertz CT molecular complexity index is 375. The molecule has 2 rings (SSSR count). The number of nitrogens with zero attached hydrogens (tertiary/aromatic N) is 4. The van der Waals surface area contributed by atoms with Crippen molar-refractivity contribution in [3.05, 3.63) is 0 Å². The second kappa shape index (κ2) is 7.49. The van der Waals surface area contributed by atoms with Crippen molar-refractivity contribution < 1.29 is 4.79 Å². The van der Waals surface area contributed by atoms with Crippen molar-refractivity contribution in [3.8, 4) is 0 Å². The first-order valence-corrected chi connectivity index (χ1v) is 8.44. The standard InChI is InChI=1S/C8H16N2O.C8H16N2S/c2*1-6(2)7-5-9(3)8(11)10(7)4/h2*6-7H,5H2,1-4H3. The molecule has 2 amide bonds. The van der Waals surface area contributed by atoms with Gasteiger partial charge in [-0.3, -0.25) is 0 Å². The summed E-state index contributed by atoms with van der Waals surface area (Å²) in [5.74, 6) is 1.23. The summed E-state index contributed by atoms with van der Waals surface area (Å²) >= 11 is 5.21. The minimum Gasteiger partial charge on any atom is -0.350 e. The summed E-state index contributed by atoms with van der Waals surface area (Å²) in [4.78, 5) is 19.2. The molecule has 0 aromatic heterocycles. The molecule has 0 bridgehead atoms. The van der Waals surface area contributed by atoms with Crippen LogP contribution >= 0.6 is 12.2 Å². The van der Waals surface area contributed by atoms with Crippen LogP contribution in [0.25, 0.3) is 0 Å². The van der Waals surface area contributed by atoms with E-state index in [2.05, 4.69) is 51.6 Å². The van der Waals surface area contributed by atoms with Gasteiger partial charge in [0.25, 0.3) is 0 Å². The SMILES string of the molecule is CC(C)C1CN(C)C(=O)N1C.CC(C)C1CN(C)C(=S)N1C. The van der Waals surface area contributed by atoms with Gasteiger partial charge < -0.3 is 19.6 Å². The normalized spacial score (nSPS) is 25.5. The van der Waals surface area contributed by atoms with Gasteiger partial charge in [0, 0.05) is 41.3 Å². The number of hydrogen-bond donors (Lipinski definition) is 0. The molecule has 2 aliphatic heterocycles. The van der Waals surface area contributed by atoms with Crippen molar-refractivity contribution in [3.63, 3.8) is 0 Å². The van der Waals surface area contributed by atoms with Crippen LogP contribution in [0.3, 0.4) is 0 Å². The molecule has 0 N–H and O–H groups in total. The van der Waals surface area contributed by atoms with Gasteiger partial charge in [0.2, 0.25) is 0 Å². The van der Waals surface area contributed by atoms with Gasteiger partial charge in [-0.2, -0.15) is 0 Å². The zero-order chi connectivity index (χ0) is 17.2. The summed E-state index contributed by atoms with van der Waals surface area (Å²) < 4.78 is 0. The van der Waals surface area contributed by atoms with E-state index in [1.807, 2.05) is 19.0 Å². The molecule has 22 heavy (non-hydrogen) atoms. The zero-order valence-corrected chi connectivity index (χ0v) is 16.1. The van der Waals surface area contributed by atoms with Crippen LogP contribution in [0.4, 0.5) is 4.79 Å². The van der Waals surface area contributed by atoms with Crippen molar-refractivity contribution in [2.45, 2.75) is 39.8 Å². The highest BCUT2D eigenvalue weighted by Crippen LogP contribution is 2.19. The highest BCUT2D eigenvalue weighted by Gasteiger charge is 2.33.